The van der Waals surface area contributed by atoms with E-state index in [9.17, 15) is 19.7 Å². The van der Waals surface area contributed by atoms with Crippen LogP contribution in [0.5, 0.6) is 0 Å². The Labute approximate surface area is 163 Å². The van der Waals surface area contributed by atoms with Gasteiger partial charge in [-0.25, -0.2) is 9.38 Å². The summed E-state index contributed by atoms with van der Waals surface area (Å²) in [7, 11) is 0. The second-order valence-electron chi connectivity index (χ2n) is 6.61. The normalized spacial score (nSPS) is 29.2. The van der Waals surface area contributed by atoms with Crippen molar-refractivity contribution in [2.75, 3.05) is 0 Å². The highest BCUT2D eigenvalue weighted by molar-refractivity contribution is 6.30. The fourth-order valence-electron chi connectivity index (χ4n) is 3.57. The van der Waals surface area contributed by atoms with Crippen LogP contribution in [0, 0.1) is 5.82 Å². The smallest absolute Gasteiger partial charge is 0.199 e. The summed E-state index contributed by atoms with van der Waals surface area (Å²) in [6.07, 6.45) is -2.64. The standard InChI is InChI=1S/C18H17ClFN3O5/c19-10-7-8(1-2-11(10)20)13(24)16-14(25)15(26)18(28-16)23-6-4-9-12(23)3-5-21-17(9)22-27/h1-2,4-7,13-16,18,24-27H,3H2/b22-17+/t13-,14+,15-,16-,18-/m1/s1. The molecule has 10 heteroatoms. The third kappa shape index (κ3) is 3.01. The van der Waals surface area contributed by atoms with Gasteiger partial charge in [0.15, 0.2) is 12.1 Å². The van der Waals surface area contributed by atoms with Gasteiger partial charge >= 0.3 is 0 Å². The number of hydrogen-bond donors (Lipinski definition) is 4. The summed E-state index contributed by atoms with van der Waals surface area (Å²) in [5.41, 5.74) is 1.50. The number of aliphatic hydroxyl groups excluding tert-OH is 3. The van der Waals surface area contributed by atoms with Crippen LogP contribution in [0.2, 0.25) is 5.02 Å². The molecule has 3 heterocycles. The van der Waals surface area contributed by atoms with Crippen LogP contribution in [-0.2, 0) is 11.2 Å². The summed E-state index contributed by atoms with van der Waals surface area (Å²) in [5.74, 6) is -0.504. The average molecular weight is 410 g/mol. The zero-order valence-electron chi connectivity index (χ0n) is 14.4. The van der Waals surface area contributed by atoms with Gasteiger partial charge in [-0.3, -0.25) is 0 Å². The summed E-state index contributed by atoms with van der Waals surface area (Å²) in [6, 6.07) is 5.34. The van der Waals surface area contributed by atoms with Crippen LogP contribution in [0.3, 0.4) is 0 Å². The van der Waals surface area contributed by atoms with Crippen molar-refractivity contribution in [3.63, 3.8) is 0 Å². The van der Waals surface area contributed by atoms with Crippen LogP contribution in [0.4, 0.5) is 4.39 Å². The number of ether oxygens (including phenoxy) is 1. The first-order valence-electron chi connectivity index (χ1n) is 8.51. The van der Waals surface area contributed by atoms with E-state index in [-0.39, 0.29) is 16.4 Å². The van der Waals surface area contributed by atoms with Gasteiger partial charge in [-0.15, -0.1) is 0 Å². The Kier molecular flexibility index (Phi) is 4.94. The molecule has 4 N–H and O–H groups in total. The maximum Gasteiger partial charge on any atom is 0.199 e. The molecule has 0 amide bonds. The van der Waals surface area contributed by atoms with Crippen molar-refractivity contribution >= 4 is 23.7 Å². The third-order valence-electron chi connectivity index (χ3n) is 5.00. The first-order chi connectivity index (χ1) is 13.4. The van der Waals surface area contributed by atoms with Crippen LogP contribution < -0.4 is 0 Å². The molecule has 1 fully saturated rings. The number of aliphatic hydroxyl groups is 3. The lowest BCUT2D eigenvalue weighted by atomic mass is 9.99. The number of rotatable bonds is 3. The topological polar surface area (TPSA) is 120 Å². The van der Waals surface area contributed by atoms with Crippen molar-refractivity contribution in [2.24, 2.45) is 10.1 Å². The Hall–Kier alpha value is -2.30. The second-order valence-corrected chi connectivity index (χ2v) is 7.02. The minimum absolute atomic E-state index is 0.130. The van der Waals surface area contributed by atoms with E-state index >= 15 is 0 Å². The molecule has 28 heavy (non-hydrogen) atoms. The predicted molar refractivity (Wildman–Crippen MR) is 97.2 cm³/mol. The Bertz CT molecular complexity index is 963. The third-order valence-corrected chi connectivity index (χ3v) is 5.29. The first kappa shape index (κ1) is 19.0. The van der Waals surface area contributed by atoms with E-state index in [1.807, 2.05) is 0 Å². The molecular weight excluding hydrogens is 393 g/mol. The Morgan fingerprint density at radius 1 is 1.29 bits per heavy atom. The lowest BCUT2D eigenvalue weighted by Gasteiger charge is -2.22. The summed E-state index contributed by atoms with van der Waals surface area (Å²) in [4.78, 5) is 3.99. The molecule has 0 radical (unpaired) electrons. The Morgan fingerprint density at radius 2 is 2.07 bits per heavy atom. The molecule has 8 nitrogen and oxygen atoms in total. The first-order valence-corrected chi connectivity index (χ1v) is 8.89. The van der Waals surface area contributed by atoms with Gasteiger partial charge in [0, 0.05) is 30.1 Å². The quantitative estimate of drug-likeness (QED) is 0.451. The van der Waals surface area contributed by atoms with Crippen molar-refractivity contribution in [2.45, 2.75) is 37.1 Å². The molecule has 2 aliphatic rings. The highest BCUT2D eigenvalue weighted by atomic mass is 35.5. The van der Waals surface area contributed by atoms with Crippen molar-refractivity contribution in [3.05, 3.63) is 58.1 Å². The lowest BCUT2D eigenvalue weighted by Crippen LogP contribution is -2.35. The van der Waals surface area contributed by atoms with Gasteiger partial charge in [-0.2, -0.15) is 0 Å². The molecule has 0 aliphatic carbocycles. The fraction of sp³-hybridized carbons (Fsp3) is 0.333. The Balaban J connectivity index is 1.62. The van der Waals surface area contributed by atoms with E-state index in [1.165, 1.54) is 12.1 Å². The van der Waals surface area contributed by atoms with Gasteiger partial charge in [0.25, 0.3) is 0 Å². The molecule has 1 saturated heterocycles. The zero-order chi connectivity index (χ0) is 20.0. The van der Waals surface area contributed by atoms with E-state index in [0.29, 0.717) is 17.7 Å². The van der Waals surface area contributed by atoms with Crippen LogP contribution >= 0.6 is 11.6 Å². The zero-order valence-corrected chi connectivity index (χ0v) is 15.1. The molecule has 5 atom stereocenters. The van der Waals surface area contributed by atoms with E-state index in [1.54, 1.807) is 23.0 Å². The van der Waals surface area contributed by atoms with E-state index in [2.05, 4.69) is 10.1 Å². The molecule has 0 saturated carbocycles. The average Bonchev–Trinajstić information content (AvgIpc) is 3.25. The van der Waals surface area contributed by atoms with E-state index in [4.69, 9.17) is 21.5 Å². The largest absolute Gasteiger partial charge is 0.409 e. The molecule has 1 aromatic heterocycles. The second kappa shape index (κ2) is 7.26. The van der Waals surface area contributed by atoms with E-state index in [0.717, 1.165) is 6.07 Å². The molecular formula is C18H17ClFN3O5. The van der Waals surface area contributed by atoms with Gasteiger partial charge in [0.1, 0.15) is 30.2 Å². The summed E-state index contributed by atoms with van der Waals surface area (Å²) < 4.78 is 20.8. The summed E-state index contributed by atoms with van der Waals surface area (Å²) in [5, 5.41) is 43.6. The molecule has 2 aromatic rings. The minimum atomic E-state index is -1.40. The fourth-order valence-corrected chi connectivity index (χ4v) is 3.76. The number of amidine groups is 1. The predicted octanol–water partition coefficient (Wildman–Crippen LogP) is 1.40. The molecule has 148 valence electrons. The van der Waals surface area contributed by atoms with Crippen LogP contribution in [-0.4, -0.2) is 55.5 Å². The number of oxime groups is 1. The van der Waals surface area contributed by atoms with Crippen molar-refractivity contribution in [3.8, 4) is 0 Å². The van der Waals surface area contributed by atoms with Gasteiger partial charge in [0.05, 0.1) is 5.02 Å². The molecule has 0 bridgehead atoms. The number of fused-ring (bicyclic) bond motifs is 1. The maximum absolute atomic E-state index is 13.4. The number of hydrogen-bond acceptors (Lipinski definition) is 6. The monoisotopic (exact) mass is 409 g/mol. The number of nitrogens with zero attached hydrogens (tertiary/aromatic N) is 3. The molecule has 1 aromatic carbocycles. The number of aromatic nitrogens is 1. The van der Waals surface area contributed by atoms with Crippen molar-refractivity contribution < 1.29 is 29.7 Å². The van der Waals surface area contributed by atoms with Crippen LogP contribution in [0.25, 0.3) is 0 Å². The van der Waals surface area contributed by atoms with Crippen molar-refractivity contribution in [1.29, 1.82) is 0 Å². The highest BCUT2D eigenvalue weighted by Crippen LogP contribution is 2.38. The summed E-state index contributed by atoms with van der Waals surface area (Å²) >= 11 is 5.76. The van der Waals surface area contributed by atoms with Gasteiger partial charge < -0.3 is 29.8 Å². The summed E-state index contributed by atoms with van der Waals surface area (Å²) in [6.45, 7) is 0. The molecule has 2 aliphatic heterocycles. The molecule has 0 spiro atoms. The lowest BCUT2D eigenvalue weighted by molar-refractivity contribution is -0.0864. The van der Waals surface area contributed by atoms with Gasteiger partial charge in [-0.05, 0) is 23.8 Å². The van der Waals surface area contributed by atoms with Crippen molar-refractivity contribution in [1.82, 2.24) is 4.57 Å². The van der Waals surface area contributed by atoms with Crippen LogP contribution in [0.1, 0.15) is 29.2 Å². The van der Waals surface area contributed by atoms with Gasteiger partial charge in [-0.1, -0.05) is 22.8 Å². The van der Waals surface area contributed by atoms with E-state index < -0.39 is 36.5 Å². The number of halogens is 2. The maximum atomic E-state index is 13.4. The van der Waals surface area contributed by atoms with Gasteiger partial charge in [0.2, 0.25) is 0 Å². The SMILES string of the molecule is O/N=C1/N=CCc2c1ccn2[C@@H]1O[C@H]([C@H](O)c2ccc(F)c(Cl)c2)[C@@H](O)[C@H]1O. The molecule has 4 rings (SSSR count). The van der Waals surface area contributed by atoms with Crippen LogP contribution in [0.15, 0.2) is 40.6 Å². The Morgan fingerprint density at radius 3 is 2.79 bits per heavy atom. The molecule has 0 unspecified atom stereocenters. The number of aliphatic imine (C=N–C) groups is 1. The number of benzene rings is 1. The minimum Gasteiger partial charge on any atom is -0.409 e. The highest BCUT2D eigenvalue weighted by Gasteiger charge is 2.47.